The number of amides is 2. The first-order valence-electron chi connectivity index (χ1n) is 10.3. The minimum Gasteiger partial charge on any atom is -0.338 e. The van der Waals surface area contributed by atoms with Crippen molar-refractivity contribution in [1.82, 2.24) is 19.7 Å². The number of nitrogens with one attached hydrogen (secondary N) is 1. The zero-order chi connectivity index (χ0) is 21.8. The van der Waals surface area contributed by atoms with Crippen LogP contribution in [-0.2, 0) is 16.0 Å². The molecule has 160 valence electrons. The average Bonchev–Trinajstić information content (AvgIpc) is 3.25. The number of benzene rings is 2. The van der Waals surface area contributed by atoms with Crippen LogP contribution >= 0.6 is 11.8 Å². The molecule has 1 aliphatic carbocycles. The Labute approximate surface area is 185 Å². The Balaban J connectivity index is 1.45. The second-order valence-corrected chi connectivity index (χ2v) is 8.56. The first-order valence-corrected chi connectivity index (χ1v) is 11.3. The maximum Gasteiger partial charge on any atom is 0.233 e. The van der Waals surface area contributed by atoms with Crippen LogP contribution in [0, 0.1) is 0 Å². The fraction of sp³-hybridized carbons (Fsp3) is 0.304. The Morgan fingerprint density at radius 2 is 2.06 bits per heavy atom. The molecule has 4 rings (SSSR count). The van der Waals surface area contributed by atoms with Gasteiger partial charge in [0, 0.05) is 19.7 Å². The van der Waals surface area contributed by atoms with Crippen LogP contribution in [0.1, 0.15) is 36.9 Å². The van der Waals surface area contributed by atoms with Crippen LogP contribution in [0.2, 0.25) is 0 Å². The Hall–Kier alpha value is -3.13. The molecule has 1 aromatic heterocycles. The summed E-state index contributed by atoms with van der Waals surface area (Å²) in [5, 5.41) is 11.6. The Kier molecular flexibility index (Phi) is 6.36. The van der Waals surface area contributed by atoms with Crippen molar-refractivity contribution in [1.29, 1.82) is 0 Å². The van der Waals surface area contributed by atoms with Crippen LogP contribution in [0.3, 0.4) is 0 Å². The van der Waals surface area contributed by atoms with E-state index in [9.17, 15) is 9.59 Å². The van der Waals surface area contributed by atoms with Gasteiger partial charge in [0.15, 0.2) is 5.16 Å². The molecule has 1 N–H and O–H groups in total. The third-order valence-electron chi connectivity index (χ3n) is 5.48. The van der Waals surface area contributed by atoms with Crippen molar-refractivity contribution in [3.8, 4) is 5.69 Å². The maximum absolute atomic E-state index is 13.0. The third kappa shape index (κ3) is 4.80. The molecule has 1 atom stereocenters. The van der Waals surface area contributed by atoms with Crippen LogP contribution < -0.4 is 5.32 Å². The highest BCUT2D eigenvalue weighted by molar-refractivity contribution is 7.99. The second kappa shape index (κ2) is 9.34. The van der Waals surface area contributed by atoms with Gasteiger partial charge in [0.05, 0.1) is 17.5 Å². The molecule has 31 heavy (non-hydrogen) atoms. The predicted molar refractivity (Wildman–Crippen MR) is 121 cm³/mol. The van der Waals surface area contributed by atoms with Crippen molar-refractivity contribution in [2.24, 2.45) is 0 Å². The van der Waals surface area contributed by atoms with E-state index < -0.39 is 0 Å². The van der Waals surface area contributed by atoms with E-state index in [4.69, 9.17) is 0 Å². The molecule has 7 nitrogen and oxygen atoms in total. The fourth-order valence-corrected chi connectivity index (χ4v) is 4.82. The Morgan fingerprint density at radius 3 is 2.90 bits per heavy atom. The van der Waals surface area contributed by atoms with Crippen LogP contribution in [-0.4, -0.2) is 44.3 Å². The van der Waals surface area contributed by atoms with Gasteiger partial charge in [0.2, 0.25) is 11.8 Å². The van der Waals surface area contributed by atoms with Crippen LogP contribution in [0.5, 0.6) is 0 Å². The zero-order valence-corrected chi connectivity index (χ0v) is 18.4. The highest BCUT2D eigenvalue weighted by atomic mass is 32.2. The lowest BCUT2D eigenvalue weighted by molar-refractivity contribution is -0.129. The van der Waals surface area contributed by atoms with Gasteiger partial charge in [-0.05, 0) is 48.6 Å². The highest BCUT2D eigenvalue weighted by Crippen LogP contribution is 2.34. The molecule has 0 saturated heterocycles. The first-order chi connectivity index (χ1) is 15.0. The summed E-state index contributed by atoms with van der Waals surface area (Å²) in [5.41, 5.74) is 4.11. The number of carbonyl (C=O) groups is 2. The summed E-state index contributed by atoms with van der Waals surface area (Å²) >= 11 is 1.36. The number of fused-ring (bicyclic) bond motifs is 1. The van der Waals surface area contributed by atoms with Gasteiger partial charge in [-0.25, -0.2) is 0 Å². The molecule has 0 spiro atoms. The van der Waals surface area contributed by atoms with Gasteiger partial charge < -0.3 is 10.2 Å². The summed E-state index contributed by atoms with van der Waals surface area (Å²) < 4.78 is 1.82. The van der Waals surface area contributed by atoms with Gasteiger partial charge in [0.1, 0.15) is 6.33 Å². The molecule has 8 heteroatoms. The van der Waals surface area contributed by atoms with E-state index in [1.165, 1.54) is 29.8 Å². The summed E-state index contributed by atoms with van der Waals surface area (Å²) in [6, 6.07) is 15.9. The molecule has 0 bridgehead atoms. The van der Waals surface area contributed by atoms with Gasteiger partial charge in [0.25, 0.3) is 0 Å². The standard InChI is InChI=1S/C23H25N5O2S/c1-16(29)25-18-9-6-10-19(13-18)28-15-24-26-23(28)31-14-22(30)27(2)21-12-5-8-17-7-3-4-11-20(17)21/h3-4,6-7,9-11,13,15,21H,5,8,12,14H2,1-2H3,(H,25,29). The molecule has 0 saturated carbocycles. The maximum atomic E-state index is 13.0. The van der Waals surface area contributed by atoms with Crippen molar-refractivity contribution >= 4 is 29.3 Å². The van der Waals surface area contributed by atoms with Gasteiger partial charge in [-0.1, -0.05) is 42.1 Å². The summed E-state index contributed by atoms with van der Waals surface area (Å²) in [7, 11) is 1.89. The molecular weight excluding hydrogens is 410 g/mol. The molecule has 1 heterocycles. The van der Waals surface area contributed by atoms with Crippen molar-refractivity contribution in [2.75, 3.05) is 18.1 Å². The Bertz CT molecular complexity index is 1100. The minimum absolute atomic E-state index is 0.0632. The minimum atomic E-state index is -0.131. The van der Waals surface area contributed by atoms with E-state index in [1.807, 2.05) is 46.8 Å². The second-order valence-electron chi connectivity index (χ2n) is 7.62. The number of anilines is 1. The van der Waals surface area contributed by atoms with Crippen LogP contribution in [0.4, 0.5) is 5.69 Å². The summed E-state index contributed by atoms with van der Waals surface area (Å²) in [6.45, 7) is 1.47. The average molecular weight is 436 g/mol. The van der Waals surface area contributed by atoms with Gasteiger partial charge >= 0.3 is 0 Å². The van der Waals surface area contributed by atoms with Crippen LogP contribution in [0.15, 0.2) is 60.0 Å². The number of hydrogen-bond donors (Lipinski definition) is 1. The van der Waals surface area contributed by atoms with E-state index in [1.54, 1.807) is 6.33 Å². The van der Waals surface area contributed by atoms with E-state index in [2.05, 4.69) is 33.7 Å². The lowest BCUT2D eigenvalue weighted by Crippen LogP contribution is -2.34. The molecule has 0 aliphatic heterocycles. The van der Waals surface area contributed by atoms with Crippen LogP contribution in [0.25, 0.3) is 5.69 Å². The quantitative estimate of drug-likeness (QED) is 0.595. The monoisotopic (exact) mass is 435 g/mol. The third-order valence-corrected chi connectivity index (χ3v) is 6.41. The number of thioether (sulfide) groups is 1. The molecule has 2 amide bonds. The van der Waals surface area contributed by atoms with Gasteiger partial charge in [-0.2, -0.15) is 0 Å². The summed E-state index contributed by atoms with van der Waals surface area (Å²) in [5.74, 6) is 0.209. The molecule has 0 radical (unpaired) electrons. The number of hydrogen-bond acceptors (Lipinski definition) is 5. The number of aryl methyl sites for hydroxylation is 1. The lowest BCUT2D eigenvalue weighted by Gasteiger charge is -2.33. The van der Waals surface area contributed by atoms with Gasteiger partial charge in [-0.15, -0.1) is 10.2 Å². The molecule has 3 aromatic rings. The van der Waals surface area contributed by atoms with Crippen molar-refractivity contribution in [3.05, 3.63) is 66.0 Å². The highest BCUT2D eigenvalue weighted by Gasteiger charge is 2.26. The summed E-state index contributed by atoms with van der Waals surface area (Å²) in [4.78, 5) is 26.2. The topological polar surface area (TPSA) is 80.1 Å². The SMILES string of the molecule is CC(=O)Nc1cccc(-n2cnnc2SCC(=O)N(C)C2CCCc3ccccc32)c1. The van der Waals surface area contributed by atoms with E-state index in [-0.39, 0.29) is 23.6 Å². The smallest absolute Gasteiger partial charge is 0.233 e. The number of carbonyl (C=O) groups excluding carboxylic acids is 2. The molecule has 1 aliphatic rings. The van der Waals surface area contributed by atoms with Crippen molar-refractivity contribution in [3.63, 3.8) is 0 Å². The lowest BCUT2D eigenvalue weighted by atomic mass is 9.87. The fourth-order valence-electron chi connectivity index (χ4n) is 3.97. The molecule has 1 unspecified atom stereocenters. The van der Waals surface area contributed by atoms with E-state index in [0.29, 0.717) is 10.8 Å². The van der Waals surface area contributed by atoms with Crippen molar-refractivity contribution < 1.29 is 9.59 Å². The first kappa shape index (κ1) is 21.1. The number of nitrogens with zero attached hydrogens (tertiary/aromatic N) is 4. The molecule has 0 fully saturated rings. The zero-order valence-electron chi connectivity index (χ0n) is 17.6. The normalized spacial score (nSPS) is 15.2. The van der Waals surface area contributed by atoms with E-state index >= 15 is 0 Å². The Morgan fingerprint density at radius 1 is 1.23 bits per heavy atom. The number of aromatic nitrogens is 3. The summed E-state index contributed by atoms with van der Waals surface area (Å²) in [6.07, 6.45) is 4.76. The van der Waals surface area contributed by atoms with Gasteiger partial charge in [-0.3, -0.25) is 14.2 Å². The molecule has 2 aromatic carbocycles. The predicted octanol–water partition coefficient (Wildman–Crippen LogP) is 3.85. The largest absolute Gasteiger partial charge is 0.338 e. The van der Waals surface area contributed by atoms with E-state index in [0.717, 1.165) is 24.9 Å². The number of rotatable bonds is 6. The molecular formula is C23H25N5O2S. The van der Waals surface area contributed by atoms with Crippen molar-refractivity contribution in [2.45, 2.75) is 37.4 Å².